The third-order valence-electron chi connectivity index (χ3n) is 5.48. The van der Waals surface area contributed by atoms with E-state index in [0.29, 0.717) is 34.6 Å². The van der Waals surface area contributed by atoms with Crippen molar-refractivity contribution in [1.82, 2.24) is 19.9 Å². The summed E-state index contributed by atoms with van der Waals surface area (Å²) in [6.45, 7) is 4.94. The molecule has 10 heteroatoms. The van der Waals surface area contributed by atoms with Gasteiger partial charge in [0.15, 0.2) is 5.13 Å². The van der Waals surface area contributed by atoms with Gasteiger partial charge in [-0.1, -0.05) is 0 Å². The van der Waals surface area contributed by atoms with Crippen molar-refractivity contribution in [2.24, 2.45) is 0 Å². The van der Waals surface area contributed by atoms with E-state index >= 15 is 0 Å². The van der Waals surface area contributed by atoms with Crippen LogP contribution < -0.4 is 5.32 Å². The zero-order valence-corrected chi connectivity index (χ0v) is 18.9. The average Bonchev–Trinajstić information content (AvgIpc) is 3.46. The summed E-state index contributed by atoms with van der Waals surface area (Å²) in [5.74, 6) is 0.635. The number of pyridine rings is 1. The van der Waals surface area contributed by atoms with Gasteiger partial charge in [0.25, 0.3) is 5.91 Å². The summed E-state index contributed by atoms with van der Waals surface area (Å²) in [7, 11) is 0. The number of aromatic nitrogens is 3. The number of anilines is 2. The number of ether oxygens (including phenoxy) is 1. The van der Waals surface area contributed by atoms with E-state index in [-0.39, 0.29) is 18.1 Å². The number of carbonyl (C=O) groups is 1. The molecule has 0 aromatic carbocycles. The van der Waals surface area contributed by atoms with Gasteiger partial charge in [-0.3, -0.25) is 4.79 Å². The van der Waals surface area contributed by atoms with Crippen molar-refractivity contribution in [2.75, 3.05) is 18.4 Å². The maximum absolute atomic E-state index is 12.8. The molecule has 1 amide bonds. The van der Waals surface area contributed by atoms with Gasteiger partial charge in [0.1, 0.15) is 16.9 Å². The molecule has 2 aliphatic rings. The Balaban J connectivity index is 1.26. The minimum absolute atomic E-state index is 0.00497. The number of hydrogen-bond donors (Lipinski definition) is 2. The molecule has 31 heavy (non-hydrogen) atoms. The van der Waals surface area contributed by atoms with E-state index in [9.17, 15) is 9.90 Å². The maximum Gasteiger partial charge on any atom is 0.255 e. The number of fused-ring (bicyclic) bond motifs is 2. The summed E-state index contributed by atoms with van der Waals surface area (Å²) in [4.78, 5) is 29.1. The molecule has 3 aromatic heterocycles. The quantitative estimate of drug-likeness (QED) is 0.601. The lowest BCUT2D eigenvalue weighted by molar-refractivity contribution is -0.0303. The number of carbonyl (C=O) groups excluding carboxylic acids is 1. The molecule has 0 spiro atoms. The first kappa shape index (κ1) is 20.5. The molecule has 2 aliphatic heterocycles. The van der Waals surface area contributed by atoms with Crippen molar-refractivity contribution in [2.45, 2.75) is 45.0 Å². The van der Waals surface area contributed by atoms with Gasteiger partial charge in [-0.15, -0.1) is 22.7 Å². The Kier molecular flexibility index (Phi) is 5.47. The highest BCUT2D eigenvalue weighted by Crippen LogP contribution is 2.35. The van der Waals surface area contributed by atoms with Crippen LogP contribution in [0.4, 0.5) is 10.9 Å². The molecule has 5 heterocycles. The fourth-order valence-electron chi connectivity index (χ4n) is 3.94. The SMILES string of the molecule is Cc1nc(C(C)O)sc1-c1csc(Nc2ccc(C(=O)N3CC4CC[C@@H](C3)O4)cn2)n1. The number of hydrogen-bond acceptors (Lipinski definition) is 9. The number of aliphatic hydroxyl groups excluding tert-OH is 1. The van der Waals surface area contributed by atoms with Crippen molar-refractivity contribution >= 4 is 39.5 Å². The average molecular weight is 458 g/mol. The second kappa shape index (κ2) is 8.27. The Labute approximate surface area is 188 Å². The fraction of sp³-hybridized carbons (Fsp3) is 0.429. The predicted molar refractivity (Wildman–Crippen MR) is 120 cm³/mol. The number of aryl methyl sites for hydroxylation is 1. The fourth-order valence-corrected chi connectivity index (χ4v) is 5.68. The number of morpholine rings is 1. The molecule has 2 bridgehead atoms. The van der Waals surface area contributed by atoms with Gasteiger partial charge < -0.3 is 20.1 Å². The van der Waals surface area contributed by atoms with E-state index in [2.05, 4.69) is 20.3 Å². The number of aliphatic hydroxyl groups is 1. The molecule has 5 rings (SSSR count). The van der Waals surface area contributed by atoms with E-state index < -0.39 is 6.10 Å². The van der Waals surface area contributed by atoms with Crippen LogP contribution in [0.1, 0.15) is 46.9 Å². The van der Waals surface area contributed by atoms with Gasteiger partial charge in [-0.05, 0) is 38.8 Å². The summed E-state index contributed by atoms with van der Waals surface area (Å²) in [6, 6.07) is 3.60. The van der Waals surface area contributed by atoms with Gasteiger partial charge in [0.05, 0.1) is 34.0 Å². The Morgan fingerprint density at radius 2 is 2.06 bits per heavy atom. The molecule has 0 saturated carbocycles. The van der Waals surface area contributed by atoms with E-state index in [1.165, 1.54) is 22.7 Å². The van der Waals surface area contributed by atoms with Gasteiger partial charge in [0.2, 0.25) is 0 Å². The second-order valence-electron chi connectivity index (χ2n) is 7.91. The smallest absolute Gasteiger partial charge is 0.255 e. The number of likely N-dealkylation sites (tertiary alicyclic amines) is 1. The van der Waals surface area contributed by atoms with E-state index in [1.54, 1.807) is 25.3 Å². The van der Waals surface area contributed by atoms with Crippen LogP contribution in [0.3, 0.4) is 0 Å². The minimum Gasteiger partial charge on any atom is -0.386 e. The normalized spacial score (nSPS) is 21.3. The Morgan fingerprint density at radius 1 is 1.29 bits per heavy atom. The van der Waals surface area contributed by atoms with Crippen molar-refractivity contribution in [3.8, 4) is 10.6 Å². The topological polar surface area (TPSA) is 100 Å². The van der Waals surface area contributed by atoms with Crippen molar-refractivity contribution in [3.05, 3.63) is 40.0 Å². The lowest BCUT2D eigenvalue weighted by Crippen LogP contribution is -2.45. The molecule has 3 atom stereocenters. The molecule has 162 valence electrons. The summed E-state index contributed by atoms with van der Waals surface area (Å²) in [5, 5.41) is 16.3. The molecule has 2 unspecified atom stereocenters. The zero-order chi connectivity index (χ0) is 21.5. The summed E-state index contributed by atoms with van der Waals surface area (Å²) < 4.78 is 5.81. The van der Waals surface area contributed by atoms with E-state index in [4.69, 9.17) is 4.74 Å². The number of rotatable bonds is 5. The third kappa shape index (κ3) is 4.20. The van der Waals surface area contributed by atoms with Gasteiger partial charge >= 0.3 is 0 Å². The summed E-state index contributed by atoms with van der Waals surface area (Å²) in [6.07, 6.45) is 3.44. The Bertz CT molecular complexity index is 1080. The van der Waals surface area contributed by atoms with Crippen molar-refractivity contribution < 1.29 is 14.6 Å². The molecule has 2 fully saturated rings. The number of nitrogens with zero attached hydrogens (tertiary/aromatic N) is 4. The van der Waals surface area contributed by atoms with Crippen molar-refractivity contribution in [1.29, 1.82) is 0 Å². The maximum atomic E-state index is 12.8. The monoisotopic (exact) mass is 457 g/mol. The predicted octanol–water partition coefficient (Wildman–Crippen LogP) is 3.77. The molecule has 2 N–H and O–H groups in total. The summed E-state index contributed by atoms with van der Waals surface area (Å²) >= 11 is 2.92. The third-order valence-corrected chi connectivity index (χ3v) is 7.59. The Morgan fingerprint density at radius 3 is 2.71 bits per heavy atom. The number of thiazole rings is 2. The van der Waals surface area contributed by atoms with Crippen LogP contribution >= 0.6 is 22.7 Å². The van der Waals surface area contributed by atoms with E-state index in [1.807, 2.05) is 17.2 Å². The summed E-state index contributed by atoms with van der Waals surface area (Å²) in [5.41, 5.74) is 2.26. The van der Waals surface area contributed by atoms with Gasteiger partial charge in [-0.2, -0.15) is 0 Å². The zero-order valence-electron chi connectivity index (χ0n) is 17.2. The van der Waals surface area contributed by atoms with Crippen LogP contribution in [0, 0.1) is 6.92 Å². The number of amides is 1. The largest absolute Gasteiger partial charge is 0.386 e. The van der Waals surface area contributed by atoms with Crippen LogP contribution in [0.5, 0.6) is 0 Å². The molecular formula is C21H23N5O3S2. The van der Waals surface area contributed by atoms with Crippen LogP contribution in [0.25, 0.3) is 10.6 Å². The lowest BCUT2D eigenvalue weighted by Gasteiger charge is -2.32. The second-order valence-corrected chi connectivity index (χ2v) is 9.79. The van der Waals surface area contributed by atoms with Crippen LogP contribution in [-0.2, 0) is 4.74 Å². The van der Waals surface area contributed by atoms with Crippen molar-refractivity contribution in [3.63, 3.8) is 0 Å². The highest BCUT2D eigenvalue weighted by molar-refractivity contribution is 7.17. The van der Waals surface area contributed by atoms with Crippen LogP contribution in [0.15, 0.2) is 23.7 Å². The highest BCUT2D eigenvalue weighted by Gasteiger charge is 2.36. The molecule has 3 aromatic rings. The first-order valence-corrected chi connectivity index (χ1v) is 11.9. The van der Waals surface area contributed by atoms with Crippen LogP contribution in [-0.4, -0.2) is 56.2 Å². The lowest BCUT2D eigenvalue weighted by atomic mass is 10.2. The standard InChI is InChI=1S/C21H23N5O3S2/c1-11-18(31-19(23-11)12(2)27)16-10-30-21(24-16)25-17-6-3-13(7-22-17)20(28)26-8-14-4-5-15(9-26)29-14/h3,6-7,10,12,14-15,27H,4-5,8-9H2,1-2H3,(H,22,24,25)/t12?,14-,15?/m0/s1. The minimum atomic E-state index is -0.591. The molecule has 0 aliphatic carbocycles. The molecule has 2 saturated heterocycles. The molecule has 0 radical (unpaired) electrons. The van der Waals surface area contributed by atoms with Gasteiger partial charge in [0, 0.05) is 24.7 Å². The molecular weight excluding hydrogens is 434 g/mol. The van der Waals surface area contributed by atoms with E-state index in [0.717, 1.165) is 29.1 Å². The molecule has 8 nitrogen and oxygen atoms in total. The Hall–Kier alpha value is -2.40. The van der Waals surface area contributed by atoms with Gasteiger partial charge in [-0.25, -0.2) is 15.0 Å². The van der Waals surface area contributed by atoms with Crippen LogP contribution in [0.2, 0.25) is 0 Å². The first-order valence-electron chi connectivity index (χ1n) is 10.3. The number of nitrogens with one attached hydrogen (secondary N) is 1. The first-order chi connectivity index (χ1) is 15.0. The highest BCUT2D eigenvalue weighted by atomic mass is 32.1.